The fraction of sp³-hybridized carbons (Fsp3) is 0.348. The molecule has 0 aliphatic heterocycles. The first-order valence-corrected chi connectivity index (χ1v) is 10.8. The Hall–Kier alpha value is -1.75. The van der Waals surface area contributed by atoms with E-state index >= 15 is 0 Å². The predicted molar refractivity (Wildman–Crippen MR) is 126 cm³/mol. The molecule has 0 bridgehead atoms. The van der Waals surface area contributed by atoms with E-state index in [1.807, 2.05) is 49.6 Å². The van der Waals surface area contributed by atoms with Crippen LogP contribution in [-0.2, 0) is 9.53 Å². The lowest BCUT2D eigenvalue weighted by atomic mass is 10.2. The molecule has 0 saturated heterocycles. The molecule has 0 fully saturated rings. The van der Waals surface area contributed by atoms with Gasteiger partial charge in [-0.3, -0.25) is 4.79 Å². The minimum atomic E-state index is 0.0139. The molecule has 0 aliphatic rings. The molecule has 0 spiro atoms. The number of thioether (sulfide) groups is 1. The normalized spacial score (nSPS) is 12.6. The van der Waals surface area contributed by atoms with Crippen LogP contribution in [0.3, 0.4) is 0 Å². The van der Waals surface area contributed by atoms with Gasteiger partial charge in [0.2, 0.25) is 5.91 Å². The maximum atomic E-state index is 12.6. The van der Waals surface area contributed by atoms with Gasteiger partial charge in [-0.15, -0.1) is 0 Å². The van der Waals surface area contributed by atoms with Gasteiger partial charge in [0, 0.05) is 25.8 Å². The standard InChI is InChI=1S/C23H32ClNO2S/c1-7-21(13-10-11-19(2)3)12-8-9-14-22(20(4)24)25(16-17-27-5)23(26)15-18-28-6/h7-8,10-14H,1-2,4,9,15-18H2,3,5-6H3. The van der Waals surface area contributed by atoms with E-state index < -0.39 is 0 Å². The van der Waals surface area contributed by atoms with Crippen molar-refractivity contribution >= 4 is 29.3 Å². The van der Waals surface area contributed by atoms with Crippen LogP contribution in [-0.4, -0.2) is 43.1 Å². The van der Waals surface area contributed by atoms with Gasteiger partial charge in [-0.05, 0) is 25.2 Å². The van der Waals surface area contributed by atoms with E-state index in [4.69, 9.17) is 16.3 Å². The van der Waals surface area contributed by atoms with E-state index in [-0.39, 0.29) is 5.91 Å². The van der Waals surface area contributed by atoms with Crippen LogP contribution in [0.1, 0.15) is 19.8 Å². The second-order valence-electron chi connectivity index (χ2n) is 5.99. The van der Waals surface area contributed by atoms with Gasteiger partial charge in [-0.25, -0.2) is 0 Å². The summed E-state index contributed by atoms with van der Waals surface area (Å²) in [6, 6.07) is 0. The monoisotopic (exact) mass is 421 g/mol. The first-order valence-electron chi connectivity index (χ1n) is 9.03. The Bertz CT molecular complexity index is 660. The molecule has 0 aromatic carbocycles. The molecule has 1 amide bonds. The summed E-state index contributed by atoms with van der Waals surface area (Å²) in [5, 5.41) is 0.339. The van der Waals surface area contributed by atoms with Crippen molar-refractivity contribution in [1.29, 1.82) is 0 Å². The van der Waals surface area contributed by atoms with Crippen molar-refractivity contribution in [1.82, 2.24) is 4.90 Å². The zero-order valence-electron chi connectivity index (χ0n) is 17.2. The van der Waals surface area contributed by atoms with Crippen molar-refractivity contribution in [3.05, 3.63) is 84.1 Å². The number of ether oxygens (including phenoxy) is 1. The highest BCUT2D eigenvalue weighted by Crippen LogP contribution is 2.20. The van der Waals surface area contributed by atoms with Crippen molar-refractivity contribution in [2.45, 2.75) is 19.8 Å². The third-order valence-corrected chi connectivity index (χ3v) is 4.38. The topological polar surface area (TPSA) is 29.5 Å². The van der Waals surface area contributed by atoms with Crippen LogP contribution in [0.25, 0.3) is 0 Å². The molecule has 3 nitrogen and oxygen atoms in total. The number of halogens is 1. The van der Waals surface area contributed by atoms with Gasteiger partial charge in [0.25, 0.3) is 0 Å². The fourth-order valence-electron chi connectivity index (χ4n) is 2.15. The van der Waals surface area contributed by atoms with Crippen LogP contribution in [0.4, 0.5) is 0 Å². The SMILES string of the molecule is C=CC(C=CCC=C(C(=C)Cl)N(CCOC)C(=O)CCSC)=CC=CC(=C)C. The largest absolute Gasteiger partial charge is 0.383 e. The molecule has 5 heteroatoms. The Morgan fingerprint density at radius 2 is 2.00 bits per heavy atom. The van der Waals surface area contributed by atoms with E-state index in [2.05, 4.69) is 19.7 Å². The van der Waals surface area contributed by atoms with Gasteiger partial charge in [0.05, 0.1) is 17.3 Å². The molecule has 0 aromatic heterocycles. The van der Waals surface area contributed by atoms with Crippen LogP contribution in [0, 0.1) is 0 Å². The average molecular weight is 422 g/mol. The van der Waals surface area contributed by atoms with Gasteiger partial charge in [0.15, 0.2) is 0 Å². The zero-order valence-corrected chi connectivity index (χ0v) is 18.8. The summed E-state index contributed by atoms with van der Waals surface area (Å²) in [4.78, 5) is 14.2. The smallest absolute Gasteiger partial charge is 0.227 e. The highest BCUT2D eigenvalue weighted by atomic mass is 35.5. The van der Waals surface area contributed by atoms with Crippen molar-refractivity contribution in [3.63, 3.8) is 0 Å². The summed E-state index contributed by atoms with van der Waals surface area (Å²) in [5.41, 5.74) is 2.59. The summed E-state index contributed by atoms with van der Waals surface area (Å²) < 4.78 is 5.14. The van der Waals surface area contributed by atoms with E-state index in [0.29, 0.717) is 36.7 Å². The summed E-state index contributed by atoms with van der Waals surface area (Å²) in [6.45, 7) is 14.3. The van der Waals surface area contributed by atoms with Crippen molar-refractivity contribution in [2.24, 2.45) is 0 Å². The third-order valence-electron chi connectivity index (χ3n) is 3.57. The van der Waals surface area contributed by atoms with Crippen LogP contribution in [0.5, 0.6) is 0 Å². The minimum Gasteiger partial charge on any atom is -0.383 e. The zero-order chi connectivity index (χ0) is 21.4. The first-order chi connectivity index (χ1) is 13.4. The molecule has 0 saturated carbocycles. The third kappa shape index (κ3) is 11.9. The van der Waals surface area contributed by atoms with E-state index in [1.165, 1.54) is 0 Å². The van der Waals surface area contributed by atoms with Crippen molar-refractivity contribution in [2.75, 3.05) is 32.3 Å². The molecule has 28 heavy (non-hydrogen) atoms. The number of carbonyl (C=O) groups excluding carboxylic acids is 1. The Balaban J connectivity index is 5.31. The molecule has 0 N–H and O–H groups in total. The lowest BCUT2D eigenvalue weighted by Gasteiger charge is -2.25. The molecule has 0 aromatic rings. The first kappa shape index (κ1) is 26.2. The molecule has 0 radical (unpaired) electrons. The number of allylic oxidation sites excluding steroid dienone is 10. The Labute approximate surface area is 179 Å². The van der Waals surface area contributed by atoms with Gasteiger partial charge < -0.3 is 9.64 Å². The number of nitrogens with zero attached hydrogens (tertiary/aromatic N) is 1. The lowest BCUT2D eigenvalue weighted by Crippen LogP contribution is -2.33. The summed E-state index contributed by atoms with van der Waals surface area (Å²) in [6.07, 6.45) is 16.5. The summed E-state index contributed by atoms with van der Waals surface area (Å²) in [7, 11) is 1.61. The van der Waals surface area contributed by atoms with Gasteiger partial charge >= 0.3 is 0 Å². The van der Waals surface area contributed by atoms with Crippen molar-refractivity contribution < 1.29 is 9.53 Å². The molecular weight excluding hydrogens is 390 g/mol. The van der Waals surface area contributed by atoms with Crippen LogP contribution in [0.15, 0.2) is 84.1 Å². The fourth-order valence-corrected chi connectivity index (χ4v) is 2.71. The Morgan fingerprint density at radius 1 is 1.29 bits per heavy atom. The van der Waals surface area contributed by atoms with E-state index in [9.17, 15) is 4.79 Å². The molecular formula is C23H32ClNO2S. The Kier molecular flexibility index (Phi) is 15.2. The molecule has 154 valence electrons. The number of hydrogen-bond donors (Lipinski definition) is 0. The Morgan fingerprint density at radius 3 is 2.54 bits per heavy atom. The molecule has 0 aliphatic carbocycles. The predicted octanol–water partition coefficient (Wildman–Crippen LogP) is 6.04. The maximum absolute atomic E-state index is 12.6. The molecule has 0 unspecified atom stereocenters. The number of methoxy groups -OCH3 is 1. The van der Waals surface area contributed by atoms with Gasteiger partial charge in [0.1, 0.15) is 0 Å². The highest BCUT2D eigenvalue weighted by Gasteiger charge is 2.18. The molecule has 0 atom stereocenters. The van der Waals surface area contributed by atoms with E-state index in [0.717, 1.165) is 16.9 Å². The number of carbonyl (C=O) groups is 1. The number of hydrogen-bond acceptors (Lipinski definition) is 3. The number of amides is 1. The average Bonchev–Trinajstić information content (AvgIpc) is 2.65. The summed E-state index contributed by atoms with van der Waals surface area (Å²) >= 11 is 7.83. The van der Waals surface area contributed by atoms with Gasteiger partial charge in [-0.1, -0.05) is 79.4 Å². The molecule has 0 rings (SSSR count). The lowest BCUT2D eigenvalue weighted by molar-refractivity contribution is -0.129. The van der Waals surface area contributed by atoms with Crippen LogP contribution >= 0.6 is 23.4 Å². The van der Waals surface area contributed by atoms with Crippen molar-refractivity contribution in [3.8, 4) is 0 Å². The van der Waals surface area contributed by atoms with E-state index in [1.54, 1.807) is 29.8 Å². The maximum Gasteiger partial charge on any atom is 0.227 e. The minimum absolute atomic E-state index is 0.0139. The van der Waals surface area contributed by atoms with Crippen LogP contribution < -0.4 is 0 Å². The highest BCUT2D eigenvalue weighted by molar-refractivity contribution is 7.98. The van der Waals surface area contributed by atoms with Gasteiger partial charge in [-0.2, -0.15) is 11.8 Å². The quantitative estimate of drug-likeness (QED) is 0.320. The number of rotatable bonds is 14. The molecule has 0 heterocycles. The second-order valence-corrected chi connectivity index (χ2v) is 7.43. The summed E-state index contributed by atoms with van der Waals surface area (Å²) in [5.74, 6) is 0.773. The second kappa shape index (κ2) is 16.2. The van der Waals surface area contributed by atoms with Crippen LogP contribution in [0.2, 0.25) is 0 Å².